The minimum absolute atomic E-state index is 0.0473. The molecule has 4 aromatic rings. The van der Waals surface area contributed by atoms with Crippen LogP contribution in [0.1, 0.15) is 43.9 Å². The molecule has 0 saturated carbocycles. The molecule has 2 aromatic heterocycles. The summed E-state index contributed by atoms with van der Waals surface area (Å²) >= 11 is 0. The van der Waals surface area contributed by atoms with Gasteiger partial charge >= 0.3 is 0 Å². The molecule has 4 rings (SSSR count). The second-order valence-electron chi connectivity index (χ2n) is 7.94. The van der Waals surface area contributed by atoms with Crippen LogP contribution in [-0.2, 0) is 6.54 Å². The van der Waals surface area contributed by atoms with E-state index in [1.807, 2.05) is 57.2 Å². The topological polar surface area (TPSA) is 90.9 Å². The molecule has 2 heterocycles. The molecule has 0 aliphatic heterocycles. The molecule has 0 bridgehead atoms. The molecular weight excluding hydrogens is 388 g/mol. The van der Waals surface area contributed by atoms with Gasteiger partial charge in [-0.2, -0.15) is 4.98 Å². The van der Waals surface area contributed by atoms with Crippen LogP contribution in [0, 0.1) is 6.92 Å². The van der Waals surface area contributed by atoms with Crippen molar-refractivity contribution < 1.29 is 4.74 Å². The van der Waals surface area contributed by atoms with Crippen LogP contribution in [0.4, 0.5) is 11.8 Å². The number of para-hydroxylation sites is 2. The molecule has 0 spiro atoms. The van der Waals surface area contributed by atoms with Crippen molar-refractivity contribution in [3.05, 3.63) is 71.7 Å². The molecule has 0 radical (unpaired) electrons. The number of nitrogen functional groups attached to an aromatic ring is 1. The number of nitrogens with zero attached hydrogens (tertiary/aromatic N) is 4. The molecule has 3 N–H and O–H groups in total. The number of aryl methyl sites for hydroxylation is 1. The number of nitrogens with one attached hydrogen (secondary N) is 1. The highest BCUT2D eigenvalue weighted by atomic mass is 16.5. The average molecular weight is 417 g/mol. The van der Waals surface area contributed by atoms with Crippen LogP contribution >= 0.6 is 0 Å². The zero-order chi connectivity index (χ0) is 22.0. The molecule has 7 heteroatoms. The van der Waals surface area contributed by atoms with Gasteiger partial charge in [0, 0.05) is 12.1 Å². The Hall–Kier alpha value is -3.61. The summed E-state index contributed by atoms with van der Waals surface area (Å²) in [6.45, 7) is 8.69. The van der Waals surface area contributed by atoms with Crippen molar-refractivity contribution in [2.24, 2.45) is 0 Å². The summed E-state index contributed by atoms with van der Waals surface area (Å²) in [6.07, 6.45) is 0.153. The predicted octanol–water partition coefficient (Wildman–Crippen LogP) is 4.73. The molecule has 0 fully saturated rings. The lowest BCUT2D eigenvalue weighted by molar-refractivity contribution is 0.242. The third-order valence-corrected chi connectivity index (χ3v) is 5.08. The van der Waals surface area contributed by atoms with Crippen LogP contribution in [0.25, 0.3) is 11.0 Å². The number of rotatable bonds is 7. The second-order valence-corrected chi connectivity index (χ2v) is 7.94. The first-order valence-corrected chi connectivity index (χ1v) is 10.5. The molecule has 1 atom stereocenters. The predicted molar refractivity (Wildman–Crippen MR) is 124 cm³/mol. The number of ether oxygens (including phenoxy) is 1. The molecule has 31 heavy (non-hydrogen) atoms. The van der Waals surface area contributed by atoms with Crippen LogP contribution in [-0.4, -0.2) is 25.6 Å². The molecule has 0 saturated heterocycles. The van der Waals surface area contributed by atoms with Crippen LogP contribution in [0.3, 0.4) is 0 Å². The van der Waals surface area contributed by atoms with Crippen molar-refractivity contribution in [3.63, 3.8) is 0 Å². The first-order chi connectivity index (χ1) is 14.9. The number of anilines is 2. The molecular formula is C24H28N6O. The van der Waals surface area contributed by atoms with E-state index in [-0.39, 0.29) is 18.1 Å². The Bertz CT molecular complexity index is 1180. The first-order valence-electron chi connectivity index (χ1n) is 10.5. The van der Waals surface area contributed by atoms with Gasteiger partial charge in [-0.25, -0.2) is 9.97 Å². The van der Waals surface area contributed by atoms with Crippen LogP contribution in [0.15, 0.2) is 54.6 Å². The Morgan fingerprint density at radius 1 is 1.00 bits per heavy atom. The summed E-state index contributed by atoms with van der Waals surface area (Å²) in [5.74, 6) is 2.74. The van der Waals surface area contributed by atoms with Crippen LogP contribution in [0.5, 0.6) is 5.75 Å². The summed E-state index contributed by atoms with van der Waals surface area (Å²) in [5, 5.41) is 3.43. The third kappa shape index (κ3) is 4.77. The van der Waals surface area contributed by atoms with E-state index >= 15 is 0 Å². The van der Waals surface area contributed by atoms with Gasteiger partial charge in [0.15, 0.2) is 0 Å². The second kappa shape index (κ2) is 8.63. The molecule has 2 aromatic carbocycles. The Morgan fingerprint density at radius 2 is 1.74 bits per heavy atom. The molecule has 160 valence electrons. The van der Waals surface area contributed by atoms with Gasteiger partial charge in [-0.15, -0.1) is 0 Å². The maximum Gasteiger partial charge on any atom is 0.222 e. The lowest BCUT2D eigenvalue weighted by atomic mass is 10.1. The molecule has 0 aliphatic carbocycles. The summed E-state index contributed by atoms with van der Waals surface area (Å²) in [5.41, 5.74) is 10.0. The van der Waals surface area contributed by atoms with Gasteiger partial charge in [-0.1, -0.05) is 24.3 Å². The van der Waals surface area contributed by atoms with E-state index in [2.05, 4.69) is 50.0 Å². The molecule has 0 unspecified atom stereocenters. The smallest absolute Gasteiger partial charge is 0.222 e. The zero-order valence-corrected chi connectivity index (χ0v) is 18.3. The Labute approximate surface area is 182 Å². The standard InChI is InChI=1S/C24H28N6O/c1-15(2)31-20-11-9-18(10-12-20)16(3)26-23-13-19(28-24(25)29-23)14-30-17(4)27-21-7-5-6-8-22(21)30/h5-13,15-16H,14H2,1-4H3,(H3,25,26,28,29)/t16-/m1/s1. The number of hydrogen-bond acceptors (Lipinski definition) is 6. The minimum Gasteiger partial charge on any atom is -0.491 e. The van der Waals surface area contributed by atoms with E-state index in [1.54, 1.807) is 0 Å². The number of fused-ring (bicyclic) bond motifs is 1. The van der Waals surface area contributed by atoms with E-state index in [1.165, 1.54) is 0 Å². The summed E-state index contributed by atoms with van der Waals surface area (Å²) in [7, 11) is 0. The van der Waals surface area contributed by atoms with Gasteiger partial charge in [0.05, 0.1) is 29.4 Å². The summed E-state index contributed by atoms with van der Waals surface area (Å²) < 4.78 is 7.86. The Kier molecular flexibility index (Phi) is 5.75. The van der Waals surface area contributed by atoms with Gasteiger partial charge in [0.2, 0.25) is 5.95 Å². The van der Waals surface area contributed by atoms with Gasteiger partial charge < -0.3 is 20.4 Å². The van der Waals surface area contributed by atoms with E-state index in [0.717, 1.165) is 33.9 Å². The Morgan fingerprint density at radius 3 is 2.48 bits per heavy atom. The van der Waals surface area contributed by atoms with Gasteiger partial charge in [-0.05, 0) is 57.5 Å². The van der Waals surface area contributed by atoms with E-state index < -0.39 is 0 Å². The van der Waals surface area contributed by atoms with E-state index in [0.29, 0.717) is 12.4 Å². The highest BCUT2D eigenvalue weighted by Crippen LogP contribution is 2.23. The molecule has 0 amide bonds. The average Bonchev–Trinajstić information content (AvgIpc) is 3.03. The fourth-order valence-electron chi connectivity index (χ4n) is 3.64. The lowest BCUT2D eigenvalue weighted by Crippen LogP contribution is -2.12. The number of imidazole rings is 1. The highest BCUT2D eigenvalue weighted by Gasteiger charge is 2.12. The van der Waals surface area contributed by atoms with Gasteiger partial charge in [-0.3, -0.25) is 0 Å². The Balaban J connectivity index is 1.53. The summed E-state index contributed by atoms with van der Waals surface area (Å²) in [4.78, 5) is 13.4. The largest absolute Gasteiger partial charge is 0.491 e. The lowest BCUT2D eigenvalue weighted by Gasteiger charge is -2.17. The third-order valence-electron chi connectivity index (χ3n) is 5.08. The SMILES string of the molecule is Cc1nc2ccccc2n1Cc1cc(N[C@H](C)c2ccc(OC(C)C)cc2)nc(N)n1. The van der Waals surface area contributed by atoms with Crippen molar-refractivity contribution in [1.82, 2.24) is 19.5 Å². The van der Waals surface area contributed by atoms with Crippen LogP contribution < -0.4 is 15.8 Å². The monoisotopic (exact) mass is 416 g/mol. The van der Waals surface area contributed by atoms with E-state index in [4.69, 9.17) is 10.5 Å². The zero-order valence-electron chi connectivity index (χ0n) is 18.3. The normalized spacial score (nSPS) is 12.3. The highest BCUT2D eigenvalue weighted by molar-refractivity contribution is 5.76. The fourth-order valence-corrected chi connectivity index (χ4v) is 3.64. The number of hydrogen-bond donors (Lipinski definition) is 2. The fraction of sp³-hybridized carbons (Fsp3) is 0.292. The number of aromatic nitrogens is 4. The van der Waals surface area contributed by atoms with Crippen molar-refractivity contribution in [3.8, 4) is 5.75 Å². The maximum absolute atomic E-state index is 6.02. The maximum atomic E-state index is 6.02. The van der Waals surface area contributed by atoms with Gasteiger partial charge in [0.1, 0.15) is 17.4 Å². The van der Waals surface area contributed by atoms with Crippen LogP contribution in [0.2, 0.25) is 0 Å². The van der Waals surface area contributed by atoms with Crippen molar-refractivity contribution >= 4 is 22.8 Å². The minimum atomic E-state index is 0.0473. The first kappa shape index (κ1) is 20.7. The van der Waals surface area contributed by atoms with Gasteiger partial charge in [0.25, 0.3) is 0 Å². The number of nitrogens with two attached hydrogens (primary N) is 1. The number of benzene rings is 2. The van der Waals surface area contributed by atoms with E-state index in [9.17, 15) is 0 Å². The van der Waals surface area contributed by atoms with Crippen molar-refractivity contribution in [2.45, 2.75) is 46.4 Å². The van der Waals surface area contributed by atoms with Crippen molar-refractivity contribution in [2.75, 3.05) is 11.1 Å². The quantitative estimate of drug-likeness (QED) is 0.453. The summed E-state index contributed by atoms with van der Waals surface area (Å²) in [6, 6.07) is 18.2. The molecule has 7 nitrogen and oxygen atoms in total. The molecule has 0 aliphatic rings. The van der Waals surface area contributed by atoms with Crippen molar-refractivity contribution in [1.29, 1.82) is 0 Å².